The normalized spacial score (nSPS) is 10.8. The number of benzene rings is 2. The van der Waals surface area contributed by atoms with E-state index < -0.39 is 0 Å². The number of halogens is 2. The van der Waals surface area contributed by atoms with Gasteiger partial charge in [0.05, 0.1) is 16.4 Å². The second kappa shape index (κ2) is 6.71. The van der Waals surface area contributed by atoms with Crippen LogP contribution in [0.1, 0.15) is 0 Å². The highest BCUT2D eigenvalue weighted by atomic mass is 35.5. The minimum Gasteiger partial charge on any atom is -0.336 e. The van der Waals surface area contributed by atoms with Gasteiger partial charge in [-0.25, -0.2) is 4.98 Å². The van der Waals surface area contributed by atoms with Crippen molar-refractivity contribution in [3.63, 3.8) is 0 Å². The largest absolute Gasteiger partial charge is 0.336 e. The fourth-order valence-corrected chi connectivity index (χ4v) is 3.19. The molecule has 5 heteroatoms. The molecule has 4 rings (SSSR count). The minimum atomic E-state index is 0.570. The lowest BCUT2D eigenvalue weighted by atomic mass is 10.1. The first-order valence-electron chi connectivity index (χ1n) is 7.74. The molecule has 122 valence electrons. The summed E-state index contributed by atoms with van der Waals surface area (Å²) in [6.45, 7) is 0. The van der Waals surface area contributed by atoms with Gasteiger partial charge in [0.25, 0.3) is 0 Å². The molecule has 0 aliphatic rings. The quantitative estimate of drug-likeness (QED) is 0.475. The van der Waals surface area contributed by atoms with Crippen LogP contribution in [0.2, 0.25) is 10.0 Å². The lowest BCUT2D eigenvalue weighted by molar-refractivity contribution is 1.22. The smallest absolute Gasteiger partial charge is 0.157 e. The first-order chi connectivity index (χ1) is 12.2. The van der Waals surface area contributed by atoms with Gasteiger partial charge in [-0.2, -0.15) is 0 Å². The molecule has 2 aromatic carbocycles. The van der Waals surface area contributed by atoms with E-state index in [4.69, 9.17) is 28.2 Å². The number of aromatic nitrogens is 3. The van der Waals surface area contributed by atoms with E-state index in [2.05, 4.69) is 9.97 Å². The van der Waals surface area contributed by atoms with Gasteiger partial charge < -0.3 is 4.98 Å². The molecular formula is C20H13Cl2N3. The third kappa shape index (κ3) is 3.16. The van der Waals surface area contributed by atoms with Crippen LogP contribution in [0.15, 0.2) is 72.9 Å². The number of hydrogen-bond donors (Lipinski definition) is 1. The Bertz CT molecular complexity index is 1010. The molecular weight excluding hydrogens is 353 g/mol. The Morgan fingerprint density at radius 1 is 0.840 bits per heavy atom. The van der Waals surface area contributed by atoms with Crippen molar-refractivity contribution >= 4 is 23.2 Å². The summed E-state index contributed by atoms with van der Waals surface area (Å²) in [4.78, 5) is 12.5. The molecule has 3 nitrogen and oxygen atoms in total. The van der Waals surface area contributed by atoms with Crippen molar-refractivity contribution in [2.45, 2.75) is 0 Å². The number of hydrogen-bond acceptors (Lipinski definition) is 2. The minimum absolute atomic E-state index is 0.570. The summed E-state index contributed by atoms with van der Waals surface area (Å²) in [6.07, 6.45) is 1.75. The maximum absolute atomic E-state index is 6.43. The Morgan fingerprint density at radius 2 is 1.64 bits per heavy atom. The molecule has 0 radical (unpaired) electrons. The number of aromatic amines is 1. The number of imidazole rings is 1. The van der Waals surface area contributed by atoms with Crippen molar-refractivity contribution in [3.8, 4) is 34.0 Å². The Labute approximate surface area is 155 Å². The molecule has 0 atom stereocenters. The molecule has 0 saturated heterocycles. The van der Waals surface area contributed by atoms with Gasteiger partial charge in [-0.15, -0.1) is 0 Å². The van der Waals surface area contributed by atoms with Crippen LogP contribution in [0.25, 0.3) is 34.0 Å². The van der Waals surface area contributed by atoms with Gasteiger partial charge in [0.2, 0.25) is 0 Å². The standard InChI is InChI=1S/C20H13Cl2N3/c21-14-9-10-15(16(22)12-14)19-18(13-6-2-1-3-7-13)24-20(25-19)17-8-4-5-11-23-17/h1-12H,(H,24,25). The molecule has 0 aliphatic carbocycles. The highest BCUT2D eigenvalue weighted by molar-refractivity contribution is 6.36. The lowest BCUT2D eigenvalue weighted by Gasteiger charge is -2.06. The summed E-state index contributed by atoms with van der Waals surface area (Å²) in [6, 6.07) is 21.2. The van der Waals surface area contributed by atoms with Crippen LogP contribution in [0.5, 0.6) is 0 Å². The zero-order valence-electron chi connectivity index (χ0n) is 13.1. The molecule has 0 amide bonds. The van der Waals surface area contributed by atoms with E-state index in [1.165, 1.54) is 0 Å². The lowest BCUT2D eigenvalue weighted by Crippen LogP contribution is -1.85. The highest BCUT2D eigenvalue weighted by Crippen LogP contribution is 2.37. The van der Waals surface area contributed by atoms with Crippen molar-refractivity contribution in [2.24, 2.45) is 0 Å². The fraction of sp³-hybridized carbons (Fsp3) is 0. The van der Waals surface area contributed by atoms with Crippen LogP contribution < -0.4 is 0 Å². The predicted molar refractivity (Wildman–Crippen MR) is 103 cm³/mol. The fourth-order valence-electron chi connectivity index (χ4n) is 2.69. The number of nitrogens with zero attached hydrogens (tertiary/aromatic N) is 2. The van der Waals surface area contributed by atoms with E-state index in [-0.39, 0.29) is 0 Å². The van der Waals surface area contributed by atoms with Crippen LogP contribution in [-0.4, -0.2) is 15.0 Å². The van der Waals surface area contributed by atoms with Crippen LogP contribution in [-0.2, 0) is 0 Å². The van der Waals surface area contributed by atoms with E-state index in [1.807, 2.05) is 60.7 Å². The van der Waals surface area contributed by atoms with Gasteiger partial charge in [0.1, 0.15) is 5.69 Å². The van der Waals surface area contributed by atoms with Gasteiger partial charge in [-0.05, 0) is 30.3 Å². The molecule has 25 heavy (non-hydrogen) atoms. The predicted octanol–water partition coefficient (Wildman–Crippen LogP) is 6.11. The van der Waals surface area contributed by atoms with E-state index in [9.17, 15) is 0 Å². The van der Waals surface area contributed by atoms with E-state index in [1.54, 1.807) is 12.3 Å². The van der Waals surface area contributed by atoms with Crippen molar-refractivity contribution in [2.75, 3.05) is 0 Å². The average Bonchev–Trinajstić information content (AvgIpc) is 3.08. The Hall–Kier alpha value is -2.62. The zero-order valence-corrected chi connectivity index (χ0v) is 14.6. The van der Waals surface area contributed by atoms with Crippen molar-refractivity contribution < 1.29 is 0 Å². The summed E-state index contributed by atoms with van der Waals surface area (Å²) < 4.78 is 0. The van der Waals surface area contributed by atoms with Crippen molar-refractivity contribution in [1.82, 2.24) is 15.0 Å². The van der Waals surface area contributed by atoms with Crippen molar-refractivity contribution in [1.29, 1.82) is 0 Å². The number of H-pyrrole nitrogens is 1. The maximum Gasteiger partial charge on any atom is 0.157 e. The van der Waals surface area contributed by atoms with Gasteiger partial charge >= 0.3 is 0 Å². The second-order valence-electron chi connectivity index (χ2n) is 5.51. The topological polar surface area (TPSA) is 41.6 Å². The van der Waals surface area contributed by atoms with Gasteiger partial charge in [-0.1, -0.05) is 59.6 Å². The summed E-state index contributed by atoms with van der Waals surface area (Å²) in [5.41, 5.74) is 4.29. The van der Waals surface area contributed by atoms with Crippen molar-refractivity contribution in [3.05, 3.63) is 83.0 Å². The molecule has 1 N–H and O–H groups in total. The van der Waals surface area contributed by atoms with Crippen LogP contribution in [0.4, 0.5) is 0 Å². The Morgan fingerprint density at radius 3 is 2.36 bits per heavy atom. The maximum atomic E-state index is 6.43. The monoisotopic (exact) mass is 365 g/mol. The summed E-state index contributed by atoms with van der Waals surface area (Å²) >= 11 is 12.5. The SMILES string of the molecule is Clc1ccc(-c2[nH]c(-c3ccccn3)nc2-c2ccccc2)c(Cl)c1. The first kappa shape index (κ1) is 15.9. The van der Waals surface area contributed by atoms with Crippen LogP contribution >= 0.6 is 23.2 Å². The molecule has 0 bridgehead atoms. The summed E-state index contributed by atoms with van der Waals surface area (Å²) in [5.74, 6) is 0.695. The Balaban J connectivity index is 1.94. The van der Waals surface area contributed by atoms with Crippen LogP contribution in [0.3, 0.4) is 0 Å². The third-order valence-corrected chi connectivity index (χ3v) is 4.41. The first-order valence-corrected chi connectivity index (χ1v) is 8.50. The molecule has 0 saturated carbocycles. The molecule has 0 spiro atoms. The molecule has 0 fully saturated rings. The molecule has 2 aromatic heterocycles. The second-order valence-corrected chi connectivity index (χ2v) is 6.36. The Kier molecular flexibility index (Phi) is 4.26. The summed E-state index contributed by atoms with van der Waals surface area (Å²) in [5, 5.41) is 1.17. The van der Waals surface area contributed by atoms with E-state index >= 15 is 0 Å². The van der Waals surface area contributed by atoms with Crippen LogP contribution in [0, 0.1) is 0 Å². The molecule has 4 aromatic rings. The van der Waals surface area contributed by atoms with Gasteiger partial charge in [0, 0.05) is 22.3 Å². The third-order valence-electron chi connectivity index (χ3n) is 3.86. The molecule has 0 aliphatic heterocycles. The van der Waals surface area contributed by atoms with Gasteiger partial charge in [-0.3, -0.25) is 4.98 Å². The average molecular weight is 366 g/mol. The summed E-state index contributed by atoms with van der Waals surface area (Å²) in [7, 11) is 0. The highest BCUT2D eigenvalue weighted by Gasteiger charge is 2.17. The zero-order chi connectivity index (χ0) is 17.2. The molecule has 2 heterocycles. The van der Waals surface area contributed by atoms with Gasteiger partial charge in [0.15, 0.2) is 5.82 Å². The van der Waals surface area contributed by atoms with E-state index in [0.717, 1.165) is 28.2 Å². The van der Waals surface area contributed by atoms with E-state index in [0.29, 0.717) is 15.9 Å². The number of nitrogens with one attached hydrogen (secondary N) is 1. The number of pyridine rings is 1. The molecule has 0 unspecified atom stereocenters. The number of rotatable bonds is 3.